The van der Waals surface area contributed by atoms with E-state index in [1.165, 1.54) is 30.6 Å². The summed E-state index contributed by atoms with van der Waals surface area (Å²) in [6.45, 7) is 1.82. The Labute approximate surface area is 165 Å². The molecule has 0 aliphatic rings. The third-order valence-corrected chi connectivity index (χ3v) is 4.72. The molecule has 3 aromatic rings. The number of non-ortho nitro benzene ring substituents is 1. The number of methoxy groups -OCH3 is 1. The molecule has 7 nitrogen and oxygen atoms in total. The third kappa shape index (κ3) is 4.41. The average Bonchev–Trinajstić information content (AvgIpc) is 3.23. The topological polar surface area (TPSA) is 91.0 Å². The molecule has 0 radical (unpaired) electrons. The van der Waals surface area contributed by atoms with Gasteiger partial charge in [0.2, 0.25) is 0 Å². The molecule has 0 spiro atoms. The van der Waals surface area contributed by atoms with Crippen LogP contribution in [0.4, 0.5) is 11.4 Å². The fourth-order valence-electron chi connectivity index (χ4n) is 2.39. The summed E-state index contributed by atoms with van der Waals surface area (Å²) < 4.78 is 10.7. The van der Waals surface area contributed by atoms with E-state index >= 15 is 0 Å². The van der Waals surface area contributed by atoms with E-state index in [-0.39, 0.29) is 5.69 Å². The van der Waals surface area contributed by atoms with Crippen molar-refractivity contribution in [3.8, 4) is 11.5 Å². The Morgan fingerprint density at radius 2 is 2.00 bits per heavy atom. The predicted molar refractivity (Wildman–Crippen MR) is 107 cm³/mol. The number of carbonyl (C=O) groups excluding carboxylic acids is 1. The molecule has 2 aromatic carbocycles. The molecule has 1 aromatic heterocycles. The molecule has 0 bridgehead atoms. The lowest BCUT2D eigenvalue weighted by atomic mass is 10.2. The van der Waals surface area contributed by atoms with Gasteiger partial charge in [0, 0.05) is 18.3 Å². The number of hydrogen-bond donors (Lipinski definition) is 0. The number of carbonyl (C=O) groups is 1. The van der Waals surface area contributed by atoms with Crippen molar-refractivity contribution >= 4 is 34.9 Å². The van der Waals surface area contributed by atoms with E-state index in [9.17, 15) is 14.9 Å². The van der Waals surface area contributed by atoms with Crippen LogP contribution in [0.25, 0.3) is 0 Å². The standard InChI is InChI=1S/C20H16N2O5S/c1-13-5-7-15(22(24)25)11-16(13)21-12-14-6-8-17(18(10-14)26-2)27-20(23)19-4-3-9-28-19/h3-12H,1-2H3. The molecule has 0 fully saturated rings. The highest BCUT2D eigenvalue weighted by Gasteiger charge is 2.13. The van der Waals surface area contributed by atoms with Crippen LogP contribution in [0.15, 0.2) is 58.9 Å². The van der Waals surface area contributed by atoms with Crippen LogP contribution in [0.2, 0.25) is 0 Å². The first kappa shape index (κ1) is 19.2. The smallest absolute Gasteiger partial charge is 0.353 e. The summed E-state index contributed by atoms with van der Waals surface area (Å²) >= 11 is 1.29. The van der Waals surface area contributed by atoms with Gasteiger partial charge < -0.3 is 9.47 Å². The average molecular weight is 396 g/mol. The molecule has 0 saturated carbocycles. The van der Waals surface area contributed by atoms with E-state index in [1.54, 1.807) is 48.0 Å². The van der Waals surface area contributed by atoms with E-state index in [0.717, 1.165) is 5.56 Å². The Hall–Kier alpha value is -3.52. The number of thiophene rings is 1. The van der Waals surface area contributed by atoms with E-state index in [0.29, 0.717) is 27.6 Å². The molecule has 0 aliphatic heterocycles. The van der Waals surface area contributed by atoms with Gasteiger partial charge in [0.05, 0.1) is 17.7 Å². The minimum Gasteiger partial charge on any atom is -0.493 e. The van der Waals surface area contributed by atoms with E-state index < -0.39 is 10.9 Å². The fraction of sp³-hybridized carbons (Fsp3) is 0.100. The zero-order chi connectivity index (χ0) is 20.1. The highest BCUT2D eigenvalue weighted by atomic mass is 32.1. The molecule has 3 rings (SSSR count). The second kappa shape index (κ2) is 8.45. The summed E-state index contributed by atoms with van der Waals surface area (Å²) in [6, 6.07) is 13.0. The summed E-state index contributed by atoms with van der Waals surface area (Å²) in [5.41, 5.74) is 1.99. The van der Waals surface area contributed by atoms with Crippen molar-refractivity contribution in [1.82, 2.24) is 0 Å². The van der Waals surface area contributed by atoms with Gasteiger partial charge >= 0.3 is 5.97 Å². The number of nitro groups is 1. The molecular weight excluding hydrogens is 380 g/mol. The van der Waals surface area contributed by atoms with Crippen molar-refractivity contribution in [2.24, 2.45) is 4.99 Å². The summed E-state index contributed by atoms with van der Waals surface area (Å²) in [5.74, 6) is 0.219. The van der Waals surface area contributed by atoms with Crippen molar-refractivity contribution in [2.45, 2.75) is 6.92 Å². The third-order valence-electron chi connectivity index (χ3n) is 3.87. The van der Waals surface area contributed by atoms with Crippen LogP contribution in [-0.2, 0) is 0 Å². The Morgan fingerprint density at radius 3 is 2.68 bits per heavy atom. The van der Waals surface area contributed by atoms with Crippen molar-refractivity contribution < 1.29 is 19.2 Å². The fourth-order valence-corrected chi connectivity index (χ4v) is 2.99. The molecule has 0 saturated heterocycles. The molecular formula is C20H16N2O5S. The minimum atomic E-state index is -0.460. The summed E-state index contributed by atoms with van der Waals surface area (Å²) in [5, 5.41) is 12.7. The van der Waals surface area contributed by atoms with E-state index in [4.69, 9.17) is 9.47 Å². The number of hydrogen-bond acceptors (Lipinski definition) is 7. The van der Waals surface area contributed by atoms with Gasteiger partial charge in [0.25, 0.3) is 5.69 Å². The minimum absolute atomic E-state index is 0.0221. The number of nitrogens with zero attached hydrogens (tertiary/aromatic N) is 2. The van der Waals surface area contributed by atoms with Gasteiger partial charge in [-0.2, -0.15) is 0 Å². The van der Waals surface area contributed by atoms with Gasteiger partial charge in [-0.05, 0) is 47.7 Å². The summed E-state index contributed by atoms with van der Waals surface area (Å²) in [6.07, 6.45) is 1.57. The lowest BCUT2D eigenvalue weighted by molar-refractivity contribution is -0.384. The van der Waals surface area contributed by atoms with Crippen LogP contribution < -0.4 is 9.47 Å². The van der Waals surface area contributed by atoms with Crippen LogP contribution in [0.1, 0.15) is 20.8 Å². The van der Waals surface area contributed by atoms with Gasteiger partial charge in [-0.15, -0.1) is 11.3 Å². The highest BCUT2D eigenvalue weighted by Crippen LogP contribution is 2.29. The van der Waals surface area contributed by atoms with Crippen LogP contribution in [-0.4, -0.2) is 24.2 Å². The molecule has 1 heterocycles. The number of nitro benzene ring substituents is 1. The van der Waals surface area contributed by atoms with Crippen molar-refractivity contribution in [1.29, 1.82) is 0 Å². The molecule has 28 heavy (non-hydrogen) atoms. The summed E-state index contributed by atoms with van der Waals surface area (Å²) in [4.78, 5) is 27.4. The first-order valence-electron chi connectivity index (χ1n) is 8.21. The van der Waals surface area contributed by atoms with Gasteiger partial charge in [-0.3, -0.25) is 15.1 Å². The molecule has 8 heteroatoms. The van der Waals surface area contributed by atoms with Crippen molar-refractivity contribution in [3.05, 3.63) is 80.0 Å². The molecule has 0 amide bonds. The zero-order valence-corrected chi connectivity index (χ0v) is 15.9. The number of benzene rings is 2. The molecule has 142 valence electrons. The maximum atomic E-state index is 12.1. The Balaban J connectivity index is 1.82. The molecule has 0 aliphatic carbocycles. The molecule has 0 atom stereocenters. The monoisotopic (exact) mass is 396 g/mol. The molecule has 0 unspecified atom stereocenters. The Bertz CT molecular complexity index is 1040. The van der Waals surface area contributed by atoms with Crippen LogP contribution in [0.3, 0.4) is 0 Å². The number of aliphatic imine (C=N–C) groups is 1. The van der Waals surface area contributed by atoms with Crippen LogP contribution in [0, 0.1) is 17.0 Å². The van der Waals surface area contributed by atoms with Crippen LogP contribution >= 0.6 is 11.3 Å². The maximum Gasteiger partial charge on any atom is 0.353 e. The van der Waals surface area contributed by atoms with E-state index in [2.05, 4.69) is 4.99 Å². The first-order valence-corrected chi connectivity index (χ1v) is 9.08. The van der Waals surface area contributed by atoms with Crippen molar-refractivity contribution in [3.63, 3.8) is 0 Å². The van der Waals surface area contributed by atoms with Gasteiger partial charge in [-0.25, -0.2) is 4.79 Å². The lowest BCUT2D eigenvalue weighted by Crippen LogP contribution is -2.07. The van der Waals surface area contributed by atoms with Crippen LogP contribution in [0.5, 0.6) is 11.5 Å². The van der Waals surface area contributed by atoms with E-state index in [1.807, 2.05) is 6.92 Å². The molecule has 0 N–H and O–H groups in total. The Morgan fingerprint density at radius 1 is 1.18 bits per heavy atom. The van der Waals surface area contributed by atoms with Gasteiger partial charge in [0.15, 0.2) is 11.5 Å². The number of esters is 1. The number of ether oxygens (including phenoxy) is 2. The second-order valence-electron chi connectivity index (χ2n) is 5.76. The second-order valence-corrected chi connectivity index (χ2v) is 6.71. The normalized spacial score (nSPS) is 10.8. The first-order chi connectivity index (χ1) is 13.5. The Kier molecular flexibility index (Phi) is 5.81. The zero-order valence-electron chi connectivity index (χ0n) is 15.1. The predicted octanol–water partition coefficient (Wildman–Crippen LogP) is 4.94. The maximum absolute atomic E-state index is 12.1. The highest BCUT2D eigenvalue weighted by molar-refractivity contribution is 7.12. The quantitative estimate of drug-likeness (QED) is 0.193. The van der Waals surface area contributed by atoms with Gasteiger partial charge in [0.1, 0.15) is 4.88 Å². The SMILES string of the molecule is COc1cc(C=Nc2cc([N+](=O)[O-])ccc2C)ccc1OC(=O)c1cccs1. The van der Waals surface area contributed by atoms with Gasteiger partial charge in [-0.1, -0.05) is 12.1 Å². The van der Waals surface area contributed by atoms with Crippen molar-refractivity contribution in [2.75, 3.05) is 7.11 Å². The summed E-state index contributed by atoms with van der Waals surface area (Å²) in [7, 11) is 1.48. The number of rotatable bonds is 6. The number of aryl methyl sites for hydroxylation is 1. The largest absolute Gasteiger partial charge is 0.493 e. The lowest BCUT2D eigenvalue weighted by Gasteiger charge is -2.09.